The predicted molar refractivity (Wildman–Crippen MR) is 71.3 cm³/mol. The number of hydrogen-bond donors (Lipinski definition) is 4. The van der Waals surface area contributed by atoms with Gasteiger partial charge in [0.1, 0.15) is 0 Å². The van der Waals surface area contributed by atoms with Crippen LogP contribution in [0.3, 0.4) is 0 Å². The minimum Gasteiger partial charge on any atom is -0.423 e. The molecule has 17 heavy (non-hydrogen) atoms. The van der Waals surface area contributed by atoms with Crippen molar-refractivity contribution < 1.29 is 10.0 Å². The van der Waals surface area contributed by atoms with Crippen LogP contribution in [0.5, 0.6) is 0 Å². The molecule has 1 aromatic carbocycles. The fourth-order valence-electron chi connectivity index (χ4n) is 1.69. The molecule has 5 heteroatoms. The number of nitrogens with one attached hydrogen (secondary N) is 2. The number of hydrogen-bond acceptors (Lipinski definition) is 4. The van der Waals surface area contributed by atoms with Crippen LogP contribution in [0, 0.1) is 6.92 Å². The molecule has 0 spiro atoms. The molecule has 0 aliphatic heterocycles. The SMILES string of the molecule is CNCCCNCc1ccc(B(O)O)cc1C. The fourth-order valence-corrected chi connectivity index (χ4v) is 1.69. The third kappa shape index (κ3) is 4.87. The van der Waals surface area contributed by atoms with Gasteiger partial charge in [0, 0.05) is 6.54 Å². The van der Waals surface area contributed by atoms with Crippen LogP contribution in [-0.2, 0) is 6.54 Å². The molecule has 94 valence electrons. The summed E-state index contributed by atoms with van der Waals surface area (Å²) in [6.07, 6.45) is 1.10. The van der Waals surface area contributed by atoms with E-state index < -0.39 is 7.12 Å². The van der Waals surface area contributed by atoms with E-state index in [2.05, 4.69) is 10.6 Å². The number of benzene rings is 1. The van der Waals surface area contributed by atoms with Gasteiger partial charge in [-0.15, -0.1) is 0 Å². The first kappa shape index (κ1) is 14.2. The van der Waals surface area contributed by atoms with Crippen molar-refractivity contribution in [1.82, 2.24) is 10.6 Å². The standard InChI is InChI=1S/C12H21BN2O2/c1-10-8-12(13(16)17)5-4-11(10)9-15-7-3-6-14-2/h4-5,8,14-17H,3,6-7,9H2,1-2H3. The van der Waals surface area contributed by atoms with E-state index >= 15 is 0 Å². The summed E-state index contributed by atoms with van der Waals surface area (Å²) in [7, 11) is 0.564. The molecular weight excluding hydrogens is 215 g/mol. The molecular formula is C12H21BN2O2. The van der Waals surface area contributed by atoms with E-state index in [0.29, 0.717) is 5.46 Å². The van der Waals surface area contributed by atoms with Crippen LogP contribution >= 0.6 is 0 Å². The van der Waals surface area contributed by atoms with Gasteiger partial charge >= 0.3 is 7.12 Å². The van der Waals surface area contributed by atoms with Crippen molar-refractivity contribution in [1.29, 1.82) is 0 Å². The molecule has 0 atom stereocenters. The van der Waals surface area contributed by atoms with Crippen LogP contribution in [0.4, 0.5) is 0 Å². The summed E-state index contributed by atoms with van der Waals surface area (Å²) in [5.74, 6) is 0. The van der Waals surface area contributed by atoms with Gasteiger partial charge in [-0.05, 0) is 50.1 Å². The lowest BCUT2D eigenvalue weighted by Crippen LogP contribution is -2.30. The first-order valence-electron chi connectivity index (χ1n) is 5.96. The summed E-state index contributed by atoms with van der Waals surface area (Å²) < 4.78 is 0. The van der Waals surface area contributed by atoms with E-state index in [1.165, 1.54) is 5.56 Å². The van der Waals surface area contributed by atoms with Crippen LogP contribution < -0.4 is 16.1 Å². The van der Waals surface area contributed by atoms with Gasteiger partial charge in [-0.3, -0.25) is 0 Å². The highest BCUT2D eigenvalue weighted by atomic mass is 16.4. The molecule has 0 unspecified atom stereocenters. The minimum absolute atomic E-state index is 0.543. The van der Waals surface area contributed by atoms with E-state index in [-0.39, 0.29) is 0 Å². The summed E-state index contributed by atoms with van der Waals surface area (Å²) >= 11 is 0. The highest BCUT2D eigenvalue weighted by molar-refractivity contribution is 6.58. The van der Waals surface area contributed by atoms with Crippen molar-refractivity contribution in [3.63, 3.8) is 0 Å². The monoisotopic (exact) mass is 236 g/mol. The maximum Gasteiger partial charge on any atom is 0.488 e. The number of aryl methyl sites for hydroxylation is 1. The lowest BCUT2D eigenvalue weighted by Gasteiger charge is -2.09. The zero-order valence-corrected chi connectivity index (χ0v) is 10.5. The molecule has 0 bridgehead atoms. The Kier molecular flexibility index (Phi) is 6.22. The molecule has 0 radical (unpaired) electrons. The Morgan fingerprint density at radius 2 is 2.00 bits per heavy atom. The highest BCUT2D eigenvalue weighted by Crippen LogP contribution is 2.05. The quantitative estimate of drug-likeness (QED) is 0.376. The van der Waals surface area contributed by atoms with Crippen LogP contribution in [0.1, 0.15) is 17.5 Å². The van der Waals surface area contributed by atoms with Gasteiger partial charge in [0.15, 0.2) is 0 Å². The van der Waals surface area contributed by atoms with Gasteiger partial charge in [0.05, 0.1) is 0 Å². The molecule has 0 amide bonds. The van der Waals surface area contributed by atoms with E-state index in [1.54, 1.807) is 6.07 Å². The Labute approximate surface area is 103 Å². The summed E-state index contributed by atoms with van der Waals surface area (Å²) in [5, 5.41) is 24.6. The molecule has 1 aromatic rings. The van der Waals surface area contributed by atoms with Crippen LogP contribution in [-0.4, -0.2) is 37.3 Å². The zero-order chi connectivity index (χ0) is 12.7. The topological polar surface area (TPSA) is 64.5 Å². The molecule has 4 N–H and O–H groups in total. The van der Waals surface area contributed by atoms with E-state index in [1.807, 2.05) is 26.1 Å². The lowest BCUT2D eigenvalue weighted by molar-refractivity contribution is 0.425. The predicted octanol–water partition coefficient (Wildman–Crippen LogP) is -0.626. The Balaban J connectivity index is 2.43. The molecule has 4 nitrogen and oxygen atoms in total. The first-order valence-corrected chi connectivity index (χ1v) is 5.96. The largest absolute Gasteiger partial charge is 0.488 e. The molecule has 1 rings (SSSR count). The fraction of sp³-hybridized carbons (Fsp3) is 0.500. The molecule has 0 saturated carbocycles. The maximum atomic E-state index is 9.05. The summed E-state index contributed by atoms with van der Waals surface area (Å²) in [5.41, 5.74) is 2.82. The summed E-state index contributed by atoms with van der Waals surface area (Å²) in [4.78, 5) is 0. The average Bonchev–Trinajstić information content (AvgIpc) is 2.30. The van der Waals surface area contributed by atoms with Crippen molar-refractivity contribution >= 4 is 12.6 Å². The molecule has 0 heterocycles. The summed E-state index contributed by atoms with van der Waals surface area (Å²) in [6.45, 7) is 4.79. The minimum atomic E-state index is -1.38. The summed E-state index contributed by atoms with van der Waals surface area (Å²) in [6, 6.07) is 5.51. The van der Waals surface area contributed by atoms with Gasteiger partial charge in [0.25, 0.3) is 0 Å². The number of rotatable bonds is 7. The van der Waals surface area contributed by atoms with Crippen molar-refractivity contribution in [2.24, 2.45) is 0 Å². The normalized spacial score (nSPS) is 10.6. The second-order valence-corrected chi connectivity index (χ2v) is 4.19. The Morgan fingerprint density at radius 3 is 2.59 bits per heavy atom. The highest BCUT2D eigenvalue weighted by Gasteiger charge is 2.11. The van der Waals surface area contributed by atoms with E-state index in [4.69, 9.17) is 10.0 Å². The van der Waals surface area contributed by atoms with Gasteiger partial charge in [-0.1, -0.05) is 18.2 Å². The Morgan fingerprint density at radius 1 is 1.24 bits per heavy atom. The van der Waals surface area contributed by atoms with E-state index in [9.17, 15) is 0 Å². The maximum absolute atomic E-state index is 9.05. The van der Waals surface area contributed by atoms with Crippen LogP contribution in [0.15, 0.2) is 18.2 Å². The molecule has 0 aliphatic rings. The van der Waals surface area contributed by atoms with Gasteiger partial charge < -0.3 is 20.7 Å². The third-order valence-corrected chi connectivity index (χ3v) is 2.76. The van der Waals surface area contributed by atoms with E-state index in [0.717, 1.165) is 31.6 Å². The van der Waals surface area contributed by atoms with Gasteiger partial charge in [0.2, 0.25) is 0 Å². The Hall–Kier alpha value is -0.875. The van der Waals surface area contributed by atoms with Gasteiger partial charge in [-0.25, -0.2) is 0 Å². The zero-order valence-electron chi connectivity index (χ0n) is 10.5. The average molecular weight is 236 g/mol. The van der Waals surface area contributed by atoms with Crippen molar-refractivity contribution in [3.05, 3.63) is 29.3 Å². The van der Waals surface area contributed by atoms with Crippen molar-refractivity contribution in [3.8, 4) is 0 Å². The lowest BCUT2D eigenvalue weighted by atomic mass is 9.79. The molecule has 0 aromatic heterocycles. The van der Waals surface area contributed by atoms with Crippen molar-refractivity contribution in [2.75, 3.05) is 20.1 Å². The molecule has 0 aliphatic carbocycles. The molecule has 0 fully saturated rings. The Bertz CT molecular complexity index is 345. The molecule has 0 saturated heterocycles. The van der Waals surface area contributed by atoms with Crippen LogP contribution in [0.2, 0.25) is 0 Å². The first-order chi connectivity index (χ1) is 8.15. The van der Waals surface area contributed by atoms with Crippen molar-refractivity contribution in [2.45, 2.75) is 19.9 Å². The second-order valence-electron chi connectivity index (χ2n) is 4.19. The van der Waals surface area contributed by atoms with Crippen LogP contribution in [0.25, 0.3) is 0 Å². The van der Waals surface area contributed by atoms with Gasteiger partial charge in [-0.2, -0.15) is 0 Å². The third-order valence-electron chi connectivity index (χ3n) is 2.76. The second kappa shape index (κ2) is 7.45. The smallest absolute Gasteiger partial charge is 0.423 e.